The number of rotatable bonds is 6. The van der Waals surface area contributed by atoms with Gasteiger partial charge in [0.15, 0.2) is 0 Å². The van der Waals surface area contributed by atoms with Gasteiger partial charge in [-0.25, -0.2) is 0 Å². The highest BCUT2D eigenvalue weighted by Crippen LogP contribution is 2.10. The molecule has 0 bridgehead atoms. The van der Waals surface area contributed by atoms with Gasteiger partial charge in [0, 0.05) is 25.4 Å². The maximum atomic E-state index is 5.70. The maximum Gasteiger partial charge on any atom is 0.0234 e. The van der Waals surface area contributed by atoms with Crippen molar-refractivity contribution in [3.63, 3.8) is 0 Å². The Morgan fingerprint density at radius 3 is 2.53 bits per heavy atom. The van der Waals surface area contributed by atoms with Gasteiger partial charge in [0.05, 0.1) is 0 Å². The van der Waals surface area contributed by atoms with Gasteiger partial charge in [-0.1, -0.05) is 24.3 Å². The number of hydrogen-bond acceptors (Lipinski definition) is 3. The molecular formula is C12H20N2S. The lowest BCUT2D eigenvalue weighted by Crippen LogP contribution is -2.21. The lowest BCUT2D eigenvalue weighted by molar-refractivity contribution is 0.347. The van der Waals surface area contributed by atoms with Gasteiger partial charge in [-0.05, 0) is 24.4 Å². The Bertz CT molecular complexity index is 289. The zero-order valence-electron chi connectivity index (χ0n) is 9.57. The van der Waals surface area contributed by atoms with Crippen LogP contribution in [0.2, 0.25) is 0 Å². The van der Waals surface area contributed by atoms with Crippen molar-refractivity contribution >= 4 is 11.8 Å². The van der Waals surface area contributed by atoms with Crippen molar-refractivity contribution in [3.8, 4) is 0 Å². The molecular weight excluding hydrogens is 204 g/mol. The predicted molar refractivity (Wildman–Crippen MR) is 69.0 cm³/mol. The lowest BCUT2D eigenvalue weighted by atomic mass is 10.1. The fourth-order valence-corrected chi connectivity index (χ4v) is 2.02. The lowest BCUT2D eigenvalue weighted by Gasteiger charge is -2.17. The molecule has 1 rings (SSSR count). The fraction of sp³-hybridized carbons (Fsp3) is 0.500. The summed E-state index contributed by atoms with van der Waals surface area (Å²) in [5.41, 5.74) is 8.31. The Hall–Kier alpha value is -0.510. The summed E-state index contributed by atoms with van der Waals surface area (Å²) < 4.78 is 0. The Kier molecular flexibility index (Phi) is 5.76. The monoisotopic (exact) mass is 224 g/mol. The number of nitrogens with two attached hydrogens (primary N) is 1. The molecule has 0 aromatic heterocycles. The zero-order chi connectivity index (χ0) is 11.1. The third kappa shape index (κ3) is 4.24. The van der Waals surface area contributed by atoms with E-state index < -0.39 is 0 Å². The molecule has 84 valence electrons. The highest BCUT2D eigenvalue weighted by atomic mass is 32.2. The van der Waals surface area contributed by atoms with Crippen LogP contribution in [0.1, 0.15) is 11.1 Å². The minimum Gasteiger partial charge on any atom is -0.326 e. The van der Waals surface area contributed by atoms with Gasteiger partial charge in [0.2, 0.25) is 0 Å². The molecule has 1 aromatic carbocycles. The summed E-state index contributed by atoms with van der Waals surface area (Å²) in [4.78, 5) is 2.34. The van der Waals surface area contributed by atoms with Crippen LogP contribution in [-0.4, -0.2) is 30.5 Å². The van der Waals surface area contributed by atoms with Crippen molar-refractivity contribution in [2.75, 3.05) is 25.6 Å². The van der Waals surface area contributed by atoms with Gasteiger partial charge in [0.1, 0.15) is 0 Å². The van der Waals surface area contributed by atoms with Gasteiger partial charge >= 0.3 is 0 Å². The Balaban J connectivity index is 2.55. The number of thioether (sulfide) groups is 1. The molecule has 0 spiro atoms. The van der Waals surface area contributed by atoms with E-state index >= 15 is 0 Å². The third-order valence-electron chi connectivity index (χ3n) is 2.46. The first-order valence-corrected chi connectivity index (χ1v) is 6.61. The molecule has 0 unspecified atom stereocenters. The summed E-state index contributed by atoms with van der Waals surface area (Å²) in [6.45, 7) is 2.75. The van der Waals surface area contributed by atoms with E-state index in [1.54, 1.807) is 0 Å². The molecule has 3 heteroatoms. The first kappa shape index (κ1) is 12.6. The number of nitrogens with zero attached hydrogens (tertiary/aromatic N) is 1. The molecule has 2 nitrogen and oxygen atoms in total. The topological polar surface area (TPSA) is 29.3 Å². The average Bonchev–Trinajstić information content (AvgIpc) is 2.27. The molecule has 15 heavy (non-hydrogen) atoms. The zero-order valence-corrected chi connectivity index (χ0v) is 10.4. The van der Waals surface area contributed by atoms with Gasteiger partial charge < -0.3 is 10.6 Å². The predicted octanol–water partition coefficient (Wildman–Crippen LogP) is 1.94. The van der Waals surface area contributed by atoms with Gasteiger partial charge in [-0.3, -0.25) is 0 Å². The van der Waals surface area contributed by atoms with Crippen LogP contribution in [-0.2, 0) is 13.1 Å². The number of hydrogen-bond donors (Lipinski definition) is 1. The van der Waals surface area contributed by atoms with Crippen molar-refractivity contribution in [2.24, 2.45) is 5.73 Å². The van der Waals surface area contributed by atoms with Crippen molar-refractivity contribution < 1.29 is 0 Å². The van der Waals surface area contributed by atoms with Crippen molar-refractivity contribution in [1.82, 2.24) is 4.90 Å². The smallest absolute Gasteiger partial charge is 0.0234 e. The van der Waals surface area contributed by atoms with Crippen LogP contribution in [0.25, 0.3) is 0 Å². The van der Waals surface area contributed by atoms with E-state index in [0.29, 0.717) is 6.54 Å². The van der Waals surface area contributed by atoms with Crippen LogP contribution in [0, 0.1) is 0 Å². The minimum absolute atomic E-state index is 0.631. The third-order valence-corrected chi connectivity index (χ3v) is 3.05. The highest BCUT2D eigenvalue weighted by molar-refractivity contribution is 7.98. The second kappa shape index (κ2) is 6.88. The van der Waals surface area contributed by atoms with E-state index in [2.05, 4.69) is 36.4 Å². The van der Waals surface area contributed by atoms with Gasteiger partial charge in [0.25, 0.3) is 0 Å². The molecule has 0 saturated heterocycles. The van der Waals surface area contributed by atoms with E-state index in [-0.39, 0.29) is 0 Å². The SMILES string of the molecule is CSCCN(C)Cc1ccccc1CN. The van der Waals surface area contributed by atoms with E-state index in [9.17, 15) is 0 Å². The molecule has 0 aliphatic rings. The first-order chi connectivity index (χ1) is 7.27. The van der Waals surface area contributed by atoms with Crippen LogP contribution >= 0.6 is 11.8 Å². The first-order valence-electron chi connectivity index (χ1n) is 5.22. The second-order valence-electron chi connectivity index (χ2n) is 3.70. The van der Waals surface area contributed by atoms with E-state index in [1.165, 1.54) is 16.9 Å². The molecule has 0 atom stereocenters. The standard InChI is InChI=1S/C12H20N2S/c1-14(7-8-15-2)10-12-6-4-3-5-11(12)9-13/h3-6H,7-10,13H2,1-2H3. The van der Waals surface area contributed by atoms with Crippen LogP contribution < -0.4 is 5.73 Å². The average molecular weight is 224 g/mol. The largest absolute Gasteiger partial charge is 0.326 e. The Morgan fingerprint density at radius 2 is 1.93 bits per heavy atom. The van der Waals surface area contributed by atoms with Crippen molar-refractivity contribution in [2.45, 2.75) is 13.1 Å². The summed E-state index contributed by atoms with van der Waals surface area (Å²) in [6.07, 6.45) is 2.14. The summed E-state index contributed by atoms with van der Waals surface area (Å²) in [5, 5.41) is 0. The summed E-state index contributed by atoms with van der Waals surface area (Å²) >= 11 is 1.88. The number of benzene rings is 1. The van der Waals surface area contributed by atoms with E-state index in [1.807, 2.05) is 17.8 Å². The normalized spacial score (nSPS) is 10.9. The van der Waals surface area contributed by atoms with Crippen LogP contribution in [0.4, 0.5) is 0 Å². The second-order valence-corrected chi connectivity index (χ2v) is 4.69. The Labute approximate surface area is 96.8 Å². The molecule has 0 heterocycles. The molecule has 0 saturated carbocycles. The van der Waals surface area contributed by atoms with Crippen LogP contribution in [0.15, 0.2) is 24.3 Å². The van der Waals surface area contributed by atoms with Gasteiger partial charge in [-0.2, -0.15) is 11.8 Å². The maximum absolute atomic E-state index is 5.70. The van der Waals surface area contributed by atoms with Crippen LogP contribution in [0.5, 0.6) is 0 Å². The summed E-state index contributed by atoms with van der Waals surface area (Å²) in [6, 6.07) is 8.40. The molecule has 0 aliphatic heterocycles. The van der Waals surface area contributed by atoms with Gasteiger partial charge in [-0.15, -0.1) is 0 Å². The fourth-order valence-electron chi connectivity index (χ4n) is 1.53. The van der Waals surface area contributed by atoms with E-state index in [0.717, 1.165) is 13.1 Å². The van der Waals surface area contributed by atoms with Crippen molar-refractivity contribution in [3.05, 3.63) is 35.4 Å². The molecule has 0 amide bonds. The minimum atomic E-state index is 0.631. The molecule has 0 fully saturated rings. The quantitative estimate of drug-likeness (QED) is 0.801. The summed E-state index contributed by atoms with van der Waals surface area (Å²) in [5.74, 6) is 1.18. The summed E-state index contributed by atoms with van der Waals surface area (Å²) in [7, 11) is 2.16. The van der Waals surface area contributed by atoms with E-state index in [4.69, 9.17) is 5.73 Å². The molecule has 0 aliphatic carbocycles. The molecule has 1 aromatic rings. The van der Waals surface area contributed by atoms with Crippen molar-refractivity contribution in [1.29, 1.82) is 0 Å². The highest BCUT2D eigenvalue weighted by Gasteiger charge is 2.03. The van der Waals surface area contributed by atoms with Crippen LogP contribution in [0.3, 0.4) is 0 Å². The molecule has 0 radical (unpaired) electrons. The molecule has 2 N–H and O–H groups in total. The Morgan fingerprint density at radius 1 is 1.27 bits per heavy atom.